The van der Waals surface area contributed by atoms with Crippen molar-refractivity contribution in [2.24, 2.45) is 11.3 Å². The third kappa shape index (κ3) is 2.21. The minimum atomic E-state index is 0.647. The van der Waals surface area contributed by atoms with Crippen LogP contribution in [-0.4, -0.2) is 0 Å². The summed E-state index contributed by atoms with van der Waals surface area (Å²) in [4.78, 5) is 0. The Morgan fingerprint density at radius 1 is 1.27 bits per heavy atom. The van der Waals surface area contributed by atoms with Gasteiger partial charge in [-0.3, -0.25) is 0 Å². The van der Waals surface area contributed by atoms with Crippen LogP contribution in [0, 0.1) is 11.3 Å². The summed E-state index contributed by atoms with van der Waals surface area (Å²) < 4.78 is 0. The fourth-order valence-corrected chi connectivity index (χ4v) is 2.03. The molecule has 1 fully saturated rings. The fraction of sp³-hybridized carbons (Fsp3) is 1.00. The Bertz CT molecular complexity index is 109. The third-order valence-corrected chi connectivity index (χ3v) is 3.39. The average molecular weight is 154 g/mol. The van der Waals surface area contributed by atoms with Crippen molar-refractivity contribution in [3.63, 3.8) is 0 Å². The highest BCUT2D eigenvalue weighted by molar-refractivity contribution is 4.83. The highest BCUT2D eigenvalue weighted by Gasteiger charge is 2.32. The predicted octanol–water partition coefficient (Wildman–Crippen LogP) is 4.00. The van der Waals surface area contributed by atoms with Crippen LogP contribution in [0.5, 0.6) is 0 Å². The smallest absolute Gasteiger partial charge is 0.0326 e. The van der Waals surface area contributed by atoms with E-state index >= 15 is 0 Å². The molecule has 0 nitrogen and oxygen atoms in total. The molecule has 0 aromatic carbocycles. The summed E-state index contributed by atoms with van der Waals surface area (Å²) in [6.45, 7) is 7.19. The van der Waals surface area contributed by atoms with Crippen molar-refractivity contribution < 1.29 is 0 Å². The molecule has 0 radical (unpaired) electrons. The van der Waals surface area contributed by atoms with Crippen molar-refractivity contribution >= 4 is 0 Å². The van der Waals surface area contributed by atoms with E-state index in [0.29, 0.717) is 5.41 Å². The van der Waals surface area contributed by atoms with E-state index in [9.17, 15) is 0 Å². The Kier molecular flexibility index (Phi) is 2.98. The highest BCUT2D eigenvalue weighted by Crippen LogP contribution is 2.44. The van der Waals surface area contributed by atoms with Gasteiger partial charge in [-0.15, -0.1) is 0 Å². The summed E-state index contributed by atoms with van der Waals surface area (Å²) in [5.74, 6) is 1.05. The molecule has 66 valence electrons. The number of hydrogen-bond acceptors (Lipinski definition) is 0. The molecule has 1 aliphatic carbocycles. The normalized spacial score (nSPS) is 19.9. The molecule has 1 rings (SSSR count). The SMILES string of the molecule is CCCCC(C)(C)C1CCC1. The van der Waals surface area contributed by atoms with Crippen LogP contribution < -0.4 is 0 Å². The first-order valence-electron chi connectivity index (χ1n) is 5.17. The Labute approximate surface area is 71.4 Å². The van der Waals surface area contributed by atoms with Gasteiger partial charge < -0.3 is 0 Å². The highest BCUT2D eigenvalue weighted by atomic mass is 14.4. The van der Waals surface area contributed by atoms with Gasteiger partial charge in [0.2, 0.25) is 0 Å². The topological polar surface area (TPSA) is 0 Å². The molecule has 0 heterocycles. The summed E-state index contributed by atoms with van der Waals surface area (Å²) in [6, 6.07) is 0. The van der Waals surface area contributed by atoms with Gasteiger partial charge in [-0.25, -0.2) is 0 Å². The van der Waals surface area contributed by atoms with Gasteiger partial charge in [-0.2, -0.15) is 0 Å². The molecular weight excluding hydrogens is 132 g/mol. The lowest BCUT2D eigenvalue weighted by atomic mass is 9.65. The monoisotopic (exact) mass is 154 g/mol. The van der Waals surface area contributed by atoms with E-state index in [2.05, 4.69) is 20.8 Å². The van der Waals surface area contributed by atoms with Gasteiger partial charge in [-0.05, 0) is 30.6 Å². The molecule has 0 aliphatic heterocycles. The van der Waals surface area contributed by atoms with Gasteiger partial charge in [0.1, 0.15) is 0 Å². The maximum Gasteiger partial charge on any atom is -0.0326 e. The molecule has 1 aliphatic rings. The van der Waals surface area contributed by atoms with E-state index in [1.165, 1.54) is 38.5 Å². The summed E-state index contributed by atoms with van der Waals surface area (Å²) >= 11 is 0. The van der Waals surface area contributed by atoms with Crippen molar-refractivity contribution in [1.29, 1.82) is 0 Å². The minimum Gasteiger partial charge on any atom is -0.0654 e. The van der Waals surface area contributed by atoms with Crippen molar-refractivity contribution in [2.45, 2.75) is 59.3 Å². The summed E-state index contributed by atoms with van der Waals surface area (Å²) in [5.41, 5.74) is 0.647. The lowest BCUT2D eigenvalue weighted by Gasteiger charge is -2.40. The predicted molar refractivity (Wildman–Crippen MR) is 50.6 cm³/mol. The molecule has 0 saturated heterocycles. The lowest BCUT2D eigenvalue weighted by Crippen LogP contribution is -2.29. The second kappa shape index (κ2) is 3.60. The zero-order valence-corrected chi connectivity index (χ0v) is 8.32. The van der Waals surface area contributed by atoms with Crippen LogP contribution >= 0.6 is 0 Å². The number of rotatable bonds is 4. The van der Waals surface area contributed by atoms with Crippen molar-refractivity contribution in [2.75, 3.05) is 0 Å². The Morgan fingerprint density at radius 2 is 1.91 bits per heavy atom. The maximum absolute atomic E-state index is 2.45. The molecule has 0 amide bonds. The first kappa shape index (κ1) is 9.09. The van der Waals surface area contributed by atoms with E-state index < -0.39 is 0 Å². The molecule has 0 aromatic rings. The number of hydrogen-bond donors (Lipinski definition) is 0. The van der Waals surface area contributed by atoms with E-state index in [0.717, 1.165) is 5.92 Å². The lowest BCUT2D eigenvalue weighted by molar-refractivity contribution is 0.108. The summed E-state index contributed by atoms with van der Waals surface area (Å²) in [6.07, 6.45) is 8.70. The first-order valence-corrected chi connectivity index (χ1v) is 5.17. The van der Waals surface area contributed by atoms with Gasteiger partial charge >= 0.3 is 0 Å². The first-order chi connectivity index (χ1) is 5.17. The molecule has 0 N–H and O–H groups in total. The second-order valence-corrected chi connectivity index (χ2v) is 4.72. The Morgan fingerprint density at radius 3 is 2.27 bits per heavy atom. The van der Waals surface area contributed by atoms with E-state index in [1.807, 2.05) is 0 Å². The fourth-order valence-electron chi connectivity index (χ4n) is 2.03. The van der Waals surface area contributed by atoms with Gasteiger partial charge in [0.05, 0.1) is 0 Å². The van der Waals surface area contributed by atoms with Gasteiger partial charge in [0, 0.05) is 0 Å². The largest absolute Gasteiger partial charge is 0.0654 e. The Hall–Kier alpha value is 0. The van der Waals surface area contributed by atoms with Crippen LogP contribution in [0.1, 0.15) is 59.3 Å². The molecule has 0 unspecified atom stereocenters. The van der Waals surface area contributed by atoms with Crippen LogP contribution in [0.4, 0.5) is 0 Å². The van der Waals surface area contributed by atoms with Crippen LogP contribution in [0.25, 0.3) is 0 Å². The minimum absolute atomic E-state index is 0.647. The quantitative estimate of drug-likeness (QED) is 0.574. The van der Waals surface area contributed by atoms with Gasteiger partial charge in [-0.1, -0.05) is 40.0 Å². The van der Waals surface area contributed by atoms with Crippen LogP contribution in [0.15, 0.2) is 0 Å². The third-order valence-electron chi connectivity index (χ3n) is 3.39. The van der Waals surface area contributed by atoms with Crippen molar-refractivity contribution in [3.05, 3.63) is 0 Å². The van der Waals surface area contributed by atoms with Gasteiger partial charge in [0.25, 0.3) is 0 Å². The Balaban J connectivity index is 2.25. The van der Waals surface area contributed by atoms with Crippen LogP contribution in [-0.2, 0) is 0 Å². The van der Waals surface area contributed by atoms with E-state index in [1.54, 1.807) is 0 Å². The molecule has 0 heteroatoms. The molecule has 0 atom stereocenters. The van der Waals surface area contributed by atoms with E-state index in [4.69, 9.17) is 0 Å². The zero-order valence-electron chi connectivity index (χ0n) is 8.32. The molecule has 1 saturated carbocycles. The van der Waals surface area contributed by atoms with Crippen molar-refractivity contribution in [1.82, 2.24) is 0 Å². The summed E-state index contributed by atoms with van der Waals surface area (Å²) in [5, 5.41) is 0. The molecule has 11 heavy (non-hydrogen) atoms. The van der Waals surface area contributed by atoms with Crippen LogP contribution in [0.3, 0.4) is 0 Å². The van der Waals surface area contributed by atoms with Crippen molar-refractivity contribution in [3.8, 4) is 0 Å². The molecular formula is C11H22. The second-order valence-electron chi connectivity index (χ2n) is 4.72. The van der Waals surface area contributed by atoms with E-state index in [-0.39, 0.29) is 0 Å². The average Bonchev–Trinajstić information content (AvgIpc) is 1.78. The molecule has 0 bridgehead atoms. The standard InChI is InChI=1S/C11H22/c1-4-5-9-11(2,3)10-7-6-8-10/h10H,4-9H2,1-3H3. The maximum atomic E-state index is 2.45. The number of unbranched alkanes of at least 4 members (excludes halogenated alkanes) is 1. The van der Waals surface area contributed by atoms with Crippen LogP contribution in [0.2, 0.25) is 0 Å². The van der Waals surface area contributed by atoms with Gasteiger partial charge in [0.15, 0.2) is 0 Å². The zero-order chi connectivity index (χ0) is 8.32. The molecule has 0 spiro atoms. The summed E-state index contributed by atoms with van der Waals surface area (Å²) in [7, 11) is 0. The molecule has 0 aromatic heterocycles.